The van der Waals surface area contributed by atoms with Crippen LogP contribution in [0.2, 0.25) is 5.02 Å². The standard InChI is InChI=1S/C24H25ClN4O2S/c1-4-21(18-11-13-24-23(15-18)26-27-29(24)3)17-10-12-22(25)19(14-17)16-28(2)32(30,31)20-8-6-5-7-9-20/h5-15,21H,4,16H2,1-3H3. The summed E-state index contributed by atoms with van der Waals surface area (Å²) in [6, 6.07) is 20.5. The van der Waals surface area contributed by atoms with Gasteiger partial charge in [0.25, 0.3) is 0 Å². The number of benzene rings is 3. The Labute approximate surface area is 193 Å². The van der Waals surface area contributed by atoms with E-state index in [0.717, 1.165) is 34.1 Å². The first kappa shape index (κ1) is 22.5. The molecule has 4 rings (SSSR count). The minimum atomic E-state index is -3.61. The summed E-state index contributed by atoms with van der Waals surface area (Å²) in [4.78, 5) is 0.262. The monoisotopic (exact) mass is 468 g/mol. The summed E-state index contributed by atoms with van der Waals surface area (Å²) in [5.41, 5.74) is 4.82. The van der Waals surface area contributed by atoms with E-state index in [2.05, 4.69) is 29.4 Å². The molecule has 1 aromatic heterocycles. The molecule has 8 heteroatoms. The molecule has 0 radical (unpaired) electrons. The molecule has 0 saturated carbocycles. The quantitative estimate of drug-likeness (QED) is 0.383. The van der Waals surface area contributed by atoms with Crippen molar-refractivity contribution in [3.8, 4) is 0 Å². The van der Waals surface area contributed by atoms with Crippen molar-refractivity contribution in [2.45, 2.75) is 30.7 Å². The summed E-state index contributed by atoms with van der Waals surface area (Å²) >= 11 is 6.47. The number of halogens is 1. The molecule has 1 unspecified atom stereocenters. The number of fused-ring (bicyclic) bond motifs is 1. The molecule has 0 fully saturated rings. The van der Waals surface area contributed by atoms with Gasteiger partial charge in [0.2, 0.25) is 10.0 Å². The van der Waals surface area contributed by atoms with Gasteiger partial charge in [-0.15, -0.1) is 5.10 Å². The highest BCUT2D eigenvalue weighted by atomic mass is 35.5. The van der Waals surface area contributed by atoms with Crippen molar-refractivity contribution < 1.29 is 8.42 Å². The fourth-order valence-corrected chi connectivity index (χ4v) is 5.32. The van der Waals surface area contributed by atoms with Gasteiger partial charge in [0.15, 0.2) is 0 Å². The first-order chi connectivity index (χ1) is 15.3. The largest absolute Gasteiger partial charge is 0.248 e. The third-order valence-corrected chi connectivity index (χ3v) is 7.95. The topological polar surface area (TPSA) is 68.1 Å². The van der Waals surface area contributed by atoms with Crippen molar-refractivity contribution in [2.75, 3.05) is 7.05 Å². The molecule has 1 atom stereocenters. The van der Waals surface area contributed by atoms with Crippen LogP contribution in [0.1, 0.15) is 36.0 Å². The fraction of sp³-hybridized carbons (Fsp3) is 0.250. The van der Waals surface area contributed by atoms with Gasteiger partial charge >= 0.3 is 0 Å². The second-order valence-corrected chi connectivity index (χ2v) is 10.3. The number of hydrogen-bond donors (Lipinski definition) is 0. The van der Waals surface area contributed by atoms with Crippen molar-refractivity contribution in [1.82, 2.24) is 19.3 Å². The Morgan fingerprint density at radius 2 is 1.72 bits per heavy atom. The summed E-state index contributed by atoms with van der Waals surface area (Å²) in [5, 5.41) is 8.87. The van der Waals surface area contributed by atoms with Gasteiger partial charge in [-0.25, -0.2) is 13.1 Å². The van der Waals surface area contributed by atoms with Gasteiger partial charge in [0.05, 0.1) is 10.4 Å². The third kappa shape index (κ3) is 4.28. The Morgan fingerprint density at radius 3 is 2.44 bits per heavy atom. The highest BCUT2D eigenvalue weighted by molar-refractivity contribution is 7.89. The van der Waals surface area contributed by atoms with Crippen molar-refractivity contribution in [3.63, 3.8) is 0 Å². The molecule has 0 aliphatic heterocycles. The van der Waals surface area contributed by atoms with Crippen LogP contribution in [0.4, 0.5) is 0 Å². The van der Waals surface area contributed by atoms with Crippen molar-refractivity contribution in [2.24, 2.45) is 7.05 Å². The van der Waals surface area contributed by atoms with Crippen LogP contribution in [0.15, 0.2) is 71.6 Å². The van der Waals surface area contributed by atoms with E-state index < -0.39 is 10.0 Å². The minimum Gasteiger partial charge on any atom is -0.248 e. The molecule has 4 aromatic rings. The molecule has 3 aromatic carbocycles. The molecular weight excluding hydrogens is 444 g/mol. The van der Waals surface area contributed by atoms with Crippen LogP contribution in [-0.4, -0.2) is 34.8 Å². The lowest BCUT2D eigenvalue weighted by molar-refractivity contribution is 0.466. The number of rotatable bonds is 7. The van der Waals surface area contributed by atoms with Crippen molar-refractivity contribution >= 4 is 32.7 Å². The molecule has 0 aliphatic rings. The van der Waals surface area contributed by atoms with Crippen LogP contribution in [0, 0.1) is 0 Å². The first-order valence-electron chi connectivity index (χ1n) is 10.4. The van der Waals surface area contributed by atoms with Crippen molar-refractivity contribution in [1.29, 1.82) is 0 Å². The molecular formula is C24H25ClN4O2S. The SMILES string of the molecule is CCC(c1ccc(Cl)c(CN(C)S(=O)(=O)c2ccccc2)c1)c1ccc2c(c1)nnn2C. The van der Waals surface area contributed by atoms with E-state index in [1.807, 2.05) is 31.3 Å². The van der Waals surface area contributed by atoms with Crippen LogP contribution in [-0.2, 0) is 23.6 Å². The normalized spacial score (nSPS) is 13.0. The maximum Gasteiger partial charge on any atom is 0.243 e. The van der Waals surface area contributed by atoms with Gasteiger partial charge in [-0.1, -0.05) is 60.1 Å². The lowest BCUT2D eigenvalue weighted by Gasteiger charge is -2.21. The van der Waals surface area contributed by atoms with E-state index in [1.54, 1.807) is 42.1 Å². The summed E-state index contributed by atoms with van der Waals surface area (Å²) in [5.74, 6) is 0.133. The maximum absolute atomic E-state index is 12.9. The molecule has 0 bridgehead atoms. The number of sulfonamides is 1. The Kier molecular flexibility index (Phi) is 6.33. The molecule has 0 saturated heterocycles. The van der Waals surface area contributed by atoms with E-state index in [4.69, 9.17) is 11.6 Å². The van der Waals surface area contributed by atoms with Crippen LogP contribution in [0.5, 0.6) is 0 Å². The Bertz CT molecular complexity index is 1350. The van der Waals surface area contributed by atoms with Gasteiger partial charge in [0.1, 0.15) is 5.52 Å². The smallest absolute Gasteiger partial charge is 0.243 e. The number of aryl methyl sites for hydroxylation is 1. The predicted octanol–water partition coefficient (Wildman–Crippen LogP) is 4.98. The van der Waals surface area contributed by atoms with Crippen molar-refractivity contribution in [3.05, 3.63) is 88.4 Å². The molecule has 6 nitrogen and oxygen atoms in total. The minimum absolute atomic E-state index is 0.133. The predicted molar refractivity (Wildman–Crippen MR) is 127 cm³/mol. The zero-order chi connectivity index (χ0) is 22.9. The fourth-order valence-electron chi connectivity index (χ4n) is 3.97. The van der Waals surface area contributed by atoms with Gasteiger partial charge < -0.3 is 0 Å². The number of aromatic nitrogens is 3. The zero-order valence-corrected chi connectivity index (χ0v) is 19.8. The molecule has 32 heavy (non-hydrogen) atoms. The highest BCUT2D eigenvalue weighted by Gasteiger charge is 2.22. The summed E-state index contributed by atoms with van der Waals surface area (Å²) < 4.78 is 29.0. The summed E-state index contributed by atoms with van der Waals surface area (Å²) in [6.45, 7) is 2.31. The van der Waals surface area contributed by atoms with Crippen LogP contribution >= 0.6 is 11.6 Å². The Morgan fingerprint density at radius 1 is 1.03 bits per heavy atom. The zero-order valence-electron chi connectivity index (χ0n) is 18.2. The number of hydrogen-bond acceptors (Lipinski definition) is 4. The molecule has 1 heterocycles. The van der Waals surface area contributed by atoms with E-state index >= 15 is 0 Å². The van der Waals surface area contributed by atoms with Gasteiger partial charge in [0, 0.05) is 31.6 Å². The van der Waals surface area contributed by atoms with E-state index in [9.17, 15) is 8.42 Å². The van der Waals surface area contributed by atoms with Gasteiger partial charge in [-0.05, 0) is 53.4 Å². The Hall–Kier alpha value is -2.74. The molecule has 0 aliphatic carbocycles. The average molecular weight is 469 g/mol. The maximum atomic E-state index is 12.9. The first-order valence-corrected chi connectivity index (χ1v) is 12.2. The highest BCUT2D eigenvalue weighted by Crippen LogP contribution is 2.32. The van der Waals surface area contributed by atoms with Crippen LogP contribution in [0.25, 0.3) is 11.0 Å². The third-order valence-electron chi connectivity index (χ3n) is 5.76. The van der Waals surface area contributed by atoms with Gasteiger partial charge in [-0.3, -0.25) is 0 Å². The lowest BCUT2D eigenvalue weighted by Crippen LogP contribution is -2.26. The molecule has 0 spiro atoms. The molecule has 0 amide bonds. The second-order valence-electron chi connectivity index (χ2n) is 7.85. The van der Waals surface area contributed by atoms with E-state index in [-0.39, 0.29) is 17.4 Å². The summed E-state index contributed by atoms with van der Waals surface area (Å²) in [7, 11) is -0.163. The lowest BCUT2D eigenvalue weighted by atomic mass is 9.88. The van der Waals surface area contributed by atoms with Crippen LogP contribution in [0.3, 0.4) is 0 Å². The Balaban J connectivity index is 1.65. The average Bonchev–Trinajstić information content (AvgIpc) is 3.17. The molecule has 166 valence electrons. The van der Waals surface area contributed by atoms with E-state index in [0.29, 0.717) is 5.02 Å². The number of nitrogens with zero attached hydrogens (tertiary/aromatic N) is 4. The van der Waals surface area contributed by atoms with Crippen LogP contribution < -0.4 is 0 Å². The second kappa shape index (κ2) is 9.02. The molecule has 0 N–H and O–H groups in total. The summed E-state index contributed by atoms with van der Waals surface area (Å²) in [6.07, 6.45) is 0.880. The van der Waals surface area contributed by atoms with E-state index in [1.165, 1.54) is 4.31 Å². The van der Waals surface area contributed by atoms with Gasteiger partial charge in [-0.2, -0.15) is 4.31 Å².